The molecule has 0 aliphatic carbocycles. The van der Waals surface area contributed by atoms with E-state index in [0.29, 0.717) is 20.8 Å². The average molecular weight is 314 g/mol. The number of nitrogens with zero attached hydrogens (tertiary/aromatic N) is 2. The minimum atomic E-state index is -0.350. The van der Waals surface area contributed by atoms with Crippen LogP contribution in [-0.4, -0.2) is 35.5 Å². The van der Waals surface area contributed by atoms with E-state index < -0.39 is 0 Å². The fourth-order valence-corrected chi connectivity index (χ4v) is 2.55. The molecule has 0 radical (unpaired) electrons. The second kappa shape index (κ2) is 6.06. The van der Waals surface area contributed by atoms with Gasteiger partial charge in [-0.3, -0.25) is 9.59 Å². The largest absolute Gasteiger partial charge is 0.360 e. The van der Waals surface area contributed by atoms with Gasteiger partial charge in [0, 0.05) is 13.1 Å². The van der Waals surface area contributed by atoms with E-state index in [-0.39, 0.29) is 18.4 Å². The summed E-state index contributed by atoms with van der Waals surface area (Å²) >= 11 is 6.95. The average Bonchev–Trinajstić information content (AvgIpc) is 2.97. The predicted octanol–water partition coefficient (Wildman–Crippen LogP) is 2.41. The van der Waals surface area contributed by atoms with Crippen molar-refractivity contribution in [2.75, 3.05) is 18.9 Å². The Balaban J connectivity index is 1.92. The lowest BCUT2D eigenvalue weighted by atomic mass is 10.4. The number of thiophene rings is 1. The summed E-state index contributed by atoms with van der Waals surface area (Å²) in [5.41, 5.74) is 0. The van der Waals surface area contributed by atoms with Gasteiger partial charge in [-0.25, -0.2) is 0 Å². The standard InChI is InChI=1S/C12H12ClN3O3S/c1-7-5-10(15-19-7)14-11(17)6-16(2)12(18)8-3-4-9(13)20-8/h3-5H,6H2,1-2H3,(H,14,15,17). The van der Waals surface area contributed by atoms with Crippen molar-refractivity contribution in [2.24, 2.45) is 0 Å². The van der Waals surface area contributed by atoms with Crippen LogP contribution in [0.3, 0.4) is 0 Å². The van der Waals surface area contributed by atoms with Crippen LogP contribution in [0.2, 0.25) is 4.34 Å². The molecule has 8 heteroatoms. The molecular formula is C12H12ClN3O3S. The summed E-state index contributed by atoms with van der Waals surface area (Å²) < 4.78 is 5.36. The van der Waals surface area contributed by atoms with Crippen molar-refractivity contribution >= 4 is 40.6 Å². The normalized spacial score (nSPS) is 10.3. The number of amides is 2. The number of halogens is 1. The second-order valence-corrected chi connectivity index (χ2v) is 5.85. The van der Waals surface area contributed by atoms with Crippen molar-refractivity contribution in [2.45, 2.75) is 6.92 Å². The maximum Gasteiger partial charge on any atom is 0.264 e. The Labute approximate surface area is 124 Å². The lowest BCUT2D eigenvalue weighted by Gasteiger charge is -2.15. The van der Waals surface area contributed by atoms with Gasteiger partial charge in [-0.2, -0.15) is 0 Å². The lowest BCUT2D eigenvalue weighted by Crippen LogP contribution is -2.34. The molecule has 2 heterocycles. The lowest BCUT2D eigenvalue weighted by molar-refractivity contribution is -0.116. The van der Waals surface area contributed by atoms with E-state index >= 15 is 0 Å². The smallest absolute Gasteiger partial charge is 0.264 e. The van der Waals surface area contributed by atoms with Crippen molar-refractivity contribution < 1.29 is 14.1 Å². The third kappa shape index (κ3) is 3.58. The summed E-state index contributed by atoms with van der Waals surface area (Å²) in [7, 11) is 1.55. The molecule has 106 valence electrons. The van der Waals surface area contributed by atoms with E-state index in [1.165, 1.54) is 16.2 Å². The van der Waals surface area contributed by atoms with Crippen molar-refractivity contribution in [3.8, 4) is 0 Å². The molecule has 2 amide bonds. The monoisotopic (exact) mass is 313 g/mol. The first-order chi connectivity index (χ1) is 9.45. The van der Waals surface area contributed by atoms with Gasteiger partial charge in [0.2, 0.25) is 5.91 Å². The van der Waals surface area contributed by atoms with Crippen LogP contribution in [0.1, 0.15) is 15.4 Å². The Morgan fingerprint density at radius 2 is 2.25 bits per heavy atom. The fraction of sp³-hybridized carbons (Fsp3) is 0.250. The minimum absolute atomic E-state index is 0.0831. The molecule has 2 aromatic heterocycles. The highest BCUT2D eigenvalue weighted by Gasteiger charge is 2.17. The Bertz CT molecular complexity index is 637. The summed E-state index contributed by atoms with van der Waals surface area (Å²) in [6.45, 7) is 1.64. The van der Waals surface area contributed by atoms with Crippen LogP contribution in [0.4, 0.5) is 5.82 Å². The molecule has 0 aromatic carbocycles. The molecule has 2 aromatic rings. The van der Waals surface area contributed by atoms with Gasteiger partial charge in [-0.1, -0.05) is 16.8 Å². The van der Waals surface area contributed by atoms with E-state index in [0.717, 1.165) is 0 Å². The number of aryl methyl sites for hydroxylation is 1. The van der Waals surface area contributed by atoms with Crippen LogP contribution in [0.15, 0.2) is 22.7 Å². The van der Waals surface area contributed by atoms with Gasteiger partial charge in [-0.05, 0) is 19.1 Å². The number of hydrogen-bond acceptors (Lipinski definition) is 5. The van der Waals surface area contributed by atoms with Crippen LogP contribution >= 0.6 is 22.9 Å². The summed E-state index contributed by atoms with van der Waals surface area (Å²) in [6.07, 6.45) is 0. The number of hydrogen-bond donors (Lipinski definition) is 1. The van der Waals surface area contributed by atoms with E-state index in [9.17, 15) is 9.59 Å². The molecule has 0 aliphatic rings. The molecule has 0 saturated heterocycles. The zero-order valence-electron chi connectivity index (χ0n) is 10.8. The second-order valence-electron chi connectivity index (χ2n) is 4.14. The Morgan fingerprint density at radius 3 is 2.80 bits per heavy atom. The molecule has 1 N–H and O–H groups in total. The number of carbonyl (C=O) groups is 2. The van der Waals surface area contributed by atoms with Crippen LogP contribution in [0.5, 0.6) is 0 Å². The molecule has 0 spiro atoms. The van der Waals surface area contributed by atoms with E-state index in [1.807, 2.05) is 0 Å². The highest BCUT2D eigenvalue weighted by Crippen LogP contribution is 2.22. The van der Waals surface area contributed by atoms with Gasteiger partial charge >= 0.3 is 0 Å². The zero-order chi connectivity index (χ0) is 14.7. The number of carbonyl (C=O) groups excluding carboxylic acids is 2. The topological polar surface area (TPSA) is 75.4 Å². The first-order valence-electron chi connectivity index (χ1n) is 5.69. The minimum Gasteiger partial charge on any atom is -0.360 e. The molecular weight excluding hydrogens is 302 g/mol. The molecule has 0 bridgehead atoms. The van der Waals surface area contributed by atoms with Gasteiger partial charge < -0.3 is 14.7 Å². The van der Waals surface area contributed by atoms with Crippen LogP contribution in [0, 0.1) is 6.92 Å². The van der Waals surface area contributed by atoms with Crippen molar-refractivity contribution in [3.05, 3.63) is 33.2 Å². The fourth-order valence-electron chi connectivity index (χ4n) is 1.51. The zero-order valence-corrected chi connectivity index (χ0v) is 12.4. The highest BCUT2D eigenvalue weighted by molar-refractivity contribution is 7.17. The summed E-state index contributed by atoms with van der Waals surface area (Å²) in [6, 6.07) is 4.87. The summed E-state index contributed by atoms with van der Waals surface area (Å²) in [5.74, 6) is 0.315. The van der Waals surface area contributed by atoms with Crippen LogP contribution in [-0.2, 0) is 4.79 Å². The molecule has 0 aliphatic heterocycles. The number of likely N-dealkylation sites (N-methyl/N-ethyl adjacent to an activating group) is 1. The van der Waals surface area contributed by atoms with Crippen molar-refractivity contribution in [1.82, 2.24) is 10.1 Å². The van der Waals surface area contributed by atoms with Gasteiger partial charge in [-0.15, -0.1) is 11.3 Å². The van der Waals surface area contributed by atoms with E-state index in [1.54, 1.807) is 32.2 Å². The number of aromatic nitrogens is 1. The van der Waals surface area contributed by atoms with Gasteiger partial charge in [0.25, 0.3) is 5.91 Å². The molecule has 6 nitrogen and oxygen atoms in total. The summed E-state index contributed by atoms with van der Waals surface area (Å²) in [5, 5.41) is 6.19. The Hall–Kier alpha value is -1.86. The summed E-state index contributed by atoms with van der Waals surface area (Å²) in [4.78, 5) is 25.6. The molecule has 0 saturated carbocycles. The van der Waals surface area contributed by atoms with Gasteiger partial charge in [0.15, 0.2) is 5.82 Å². The molecule has 0 atom stereocenters. The molecule has 0 fully saturated rings. The predicted molar refractivity (Wildman–Crippen MR) is 76.2 cm³/mol. The Kier molecular flexibility index (Phi) is 4.41. The quantitative estimate of drug-likeness (QED) is 0.940. The van der Waals surface area contributed by atoms with Crippen LogP contribution < -0.4 is 5.32 Å². The Morgan fingerprint density at radius 1 is 1.50 bits per heavy atom. The molecule has 2 rings (SSSR count). The van der Waals surface area contributed by atoms with Crippen molar-refractivity contribution in [1.29, 1.82) is 0 Å². The van der Waals surface area contributed by atoms with Crippen LogP contribution in [0.25, 0.3) is 0 Å². The van der Waals surface area contributed by atoms with E-state index in [2.05, 4.69) is 10.5 Å². The highest BCUT2D eigenvalue weighted by atomic mass is 35.5. The van der Waals surface area contributed by atoms with Gasteiger partial charge in [0.1, 0.15) is 5.76 Å². The first kappa shape index (κ1) is 14.5. The number of anilines is 1. The maximum absolute atomic E-state index is 12.0. The third-order valence-electron chi connectivity index (χ3n) is 2.41. The SMILES string of the molecule is Cc1cc(NC(=O)CN(C)C(=O)c2ccc(Cl)s2)no1. The number of nitrogens with one attached hydrogen (secondary N) is 1. The maximum atomic E-state index is 12.0. The van der Waals surface area contributed by atoms with Crippen molar-refractivity contribution in [3.63, 3.8) is 0 Å². The van der Waals surface area contributed by atoms with Gasteiger partial charge in [0.05, 0.1) is 15.8 Å². The molecule has 20 heavy (non-hydrogen) atoms. The number of rotatable bonds is 4. The third-order valence-corrected chi connectivity index (χ3v) is 3.63. The molecule has 0 unspecified atom stereocenters. The van der Waals surface area contributed by atoms with E-state index in [4.69, 9.17) is 16.1 Å². The first-order valence-corrected chi connectivity index (χ1v) is 6.89.